The number of ether oxygens (including phenoxy) is 1. The summed E-state index contributed by atoms with van der Waals surface area (Å²) in [5.41, 5.74) is 1.39. The van der Waals surface area contributed by atoms with E-state index in [1.165, 1.54) is 5.56 Å². The zero-order chi connectivity index (χ0) is 19.0. The monoisotopic (exact) mass is 390 g/mol. The number of piperazine rings is 1. The molecule has 6 heteroatoms. The minimum Gasteiger partial charge on any atom is -0.381 e. The third kappa shape index (κ3) is 5.87. The van der Waals surface area contributed by atoms with Crippen LogP contribution in [0.3, 0.4) is 0 Å². The van der Waals surface area contributed by atoms with Crippen molar-refractivity contribution in [2.45, 2.75) is 31.1 Å². The van der Waals surface area contributed by atoms with Gasteiger partial charge in [-0.25, -0.2) is 0 Å². The number of hydrogen-bond acceptors (Lipinski definition) is 4. The molecular formula is C21H34N4OS. The predicted octanol–water partition coefficient (Wildman–Crippen LogP) is 2.68. The molecule has 0 saturated carbocycles. The van der Waals surface area contributed by atoms with E-state index in [4.69, 9.17) is 4.74 Å². The summed E-state index contributed by atoms with van der Waals surface area (Å²) in [6, 6.07) is 10.8. The summed E-state index contributed by atoms with van der Waals surface area (Å²) in [6.07, 6.45) is 2.25. The number of aliphatic imine (C=N–C) groups is 1. The van der Waals surface area contributed by atoms with Gasteiger partial charge in [0, 0.05) is 64.3 Å². The van der Waals surface area contributed by atoms with Crippen LogP contribution >= 0.6 is 11.8 Å². The number of benzene rings is 1. The van der Waals surface area contributed by atoms with Gasteiger partial charge in [-0.2, -0.15) is 11.8 Å². The molecule has 0 spiro atoms. The lowest BCUT2D eigenvalue weighted by molar-refractivity contribution is 0.0779. The van der Waals surface area contributed by atoms with Crippen molar-refractivity contribution in [3.8, 4) is 0 Å². The summed E-state index contributed by atoms with van der Waals surface area (Å²) >= 11 is 2.08. The van der Waals surface area contributed by atoms with Crippen LogP contribution in [-0.2, 0) is 11.3 Å². The fraction of sp³-hybridized carbons (Fsp3) is 0.667. The second-order valence-corrected chi connectivity index (χ2v) is 9.11. The van der Waals surface area contributed by atoms with Crippen LogP contribution in [0.5, 0.6) is 0 Å². The Hall–Kier alpha value is -1.24. The third-order valence-corrected chi connectivity index (χ3v) is 7.01. The fourth-order valence-corrected chi connectivity index (χ4v) is 5.20. The fourth-order valence-electron chi connectivity index (χ4n) is 3.95. The minimum atomic E-state index is 0.290. The molecule has 150 valence electrons. The third-order valence-electron chi connectivity index (χ3n) is 5.56. The molecule has 2 heterocycles. The van der Waals surface area contributed by atoms with Crippen LogP contribution in [0.2, 0.25) is 0 Å². The molecule has 0 radical (unpaired) electrons. The van der Waals surface area contributed by atoms with Gasteiger partial charge in [0.05, 0.1) is 0 Å². The van der Waals surface area contributed by atoms with Crippen LogP contribution in [0.1, 0.15) is 25.3 Å². The first-order chi connectivity index (χ1) is 13.2. The van der Waals surface area contributed by atoms with E-state index in [9.17, 15) is 0 Å². The minimum absolute atomic E-state index is 0.290. The van der Waals surface area contributed by atoms with Crippen molar-refractivity contribution < 1.29 is 4.74 Å². The van der Waals surface area contributed by atoms with E-state index < -0.39 is 0 Å². The Labute approximate surface area is 168 Å². The van der Waals surface area contributed by atoms with E-state index in [0.717, 1.165) is 77.0 Å². The summed E-state index contributed by atoms with van der Waals surface area (Å²) in [5.74, 6) is 2.20. The first-order valence-electron chi connectivity index (χ1n) is 10.2. The number of hydrogen-bond donors (Lipinski definition) is 1. The van der Waals surface area contributed by atoms with Crippen LogP contribution in [0.4, 0.5) is 0 Å². The van der Waals surface area contributed by atoms with E-state index in [1.807, 2.05) is 7.05 Å². The molecule has 1 aromatic rings. The van der Waals surface area contributed by atoms with Gasteiger partial charge in [-0.05, 0) is 24.2 Å². The molecular weight excluding hydrogens is 356 g/mol. The van der Waals surface area contributed by atoms with Crippen LogP contribution in [0.25, 0.3) is 0 Å². The zero-order valence-corrected chi connectivity index (χ0v) is 17.6. The molecule has 2 fully saturated rings. The number of nitrogens with one attached hydrogen (secondary N) is 1. The van der Waals surface area contributed by atoms with Crippen molar-refractivity contribution in [3.05, 3.63) is 35.9 Å². The van der Waals surface area contributed by atoms with Gasteiger partial charge in [0.2, 0.25) is 0 Å². The Morgan fingerprint density at radius 2 is 1.85 bits per heavy atom. The van der Waals surface area contributed by atoms with Crippen molar-refractivity contribution in [3.63, 3.8) is 0 Å². The number of rotatable bonds is 6. The molecule has 0 unspecified atom stereocenters. The van der Waals surface area contributed by atoms with Gasteiger partial charge in [0.15, 0.2) is 5.96 Å². The topological polar surface area (TPSA) is 40.1 Å². The lowest BCUT2D eigenvalue weighted by Crippen LogP contribution is -2.54. The second-order valence-electron chi connectivity index (χ2n) is 7.38. The smallest absolute Gasteiger partial charge is 0.193 e. The molecule has 0 aliphatic carbocycles. The quantitative estimate of drug-likeness (QED) is 0.597. The van der Waals surface area contributed by atoms with Gasteiger partial charge in [-0.3, -0.25) is 9.89 Å². The number of guanidine groups is 1. The molecule has 2 saturated heterocycles. The lowest BCUT2D eigenvalue weighted by atomic mass is 9.99. The molecule has 0 bridgehead atoms. The van der Waals surface area contributed by atoms with E-state index >= 15 is 0 Å². The summed E-state index contributed by atoms with van der Waals surface area (Å²) in [6.45, 7) is 10.3. The Morgan fingerprint density at radius 1 is 1.15 bits per heavy atom. The molecule has 0 amide bonds. The lowest BCUT2D eigenvalue weighted by Gasteiger charge is -2.40. The van der Waals surface area contributed by atoms with Crippen molar-refractivity contribution in [1.82, 2.24) is 15.1 Å². The van der Waals surface area contributed by atoms with Gasteiger partial charge >= 0.3 is 0 Å². The Kier molecular flexibility index (Phi) is 7.85. The Balaban J connectivity index is 1.48. The van der Waals surface area contributed by atoms with E-state index in [-0.39, 0.29) is 4.75 Å². The molecule has 0 atom stereocenters. The average molecular weight is 391 g/mol. The van der Waals surface area contributed by atoms with Crippen LogP contribution in [0.15, 0.2) is 35.3 Å². The highest BCUT2D eigenvalue weighted by Crippen LogP contribution is 2.34. The summed E-state index contributed by atoms with van der Waals surface area (Å²) in [7, 11) is 1.91. The highest BCUT2D eigenvalue weighted by Gasteiger charge is 2.33. The Morgan fingerprint density at radius 3 is 2.48 bits per heavy atom. The molecule has 1 aromatic carbocycles. The maximum atomic E-state index is 5.59. The van der Waals surface area contributed by atoms with E-state index in [2.05, 4.69) is 69.1 Å². The van der Waals surface area contributed by atoms with Gasteiger partial charge in [-0.1, -0.05) is 37.3 Å². The van der Waals surface area contributed by atoms with Crippen LogP contribution in [-0.4, -0.2) is 79.2 Å². The summed E-state index contributed by atoms with van der Waals surface area (Å²) in [5, 5.41) is 3.68. The maximum Gasteiger partial charge on any atom is 0.193 e. The van der Waals surface area contributed by atoms with Gasteiger partial charge in [-0.15, -0.1) is 0 Å². The summed E-state index contributed by atoms with van der Waals surface area (Å²) < 4.78 is 5.88. The molecule has 2 aliphatic rings. The Bertz CT molecular complexity index is 576. The largest absolute Gasteiger partial charge is 0.381 e. The molecule has 5 nitrogen and oxygen atoms in total. The van der Waals surface area contributed by atoms with Crippen LogP contribution < -0.4 is 5.32 Å². The molecule has 27 heavy (non-hydrogen) atoms. The van der Waals surface area contributed by atoms with Gasteiger partial charge < -0.3 is 15.0 Å². The predicted molar refractivity (Wildman–Crippen MR) is 116 cm³/mol. The van der Waals surface area contributed by atoms with E-state index in [1.54, 1.807) is 0 Å². The van der Waals surface area contributed by atoms with Crippen molar-refractivity contribution >= 4 is 17.7 Å². The van der Waals surface area contributed by atoms with Crippen molar-refractivity contribution in [1.29, 1.82) is 0 Å². The molecule has 0 aromatic heterocycles. The average Bonchev–Trinajstić information content (AvgIpc) is 2.71. The first-order valence-corrected chi connectivity index (χ1v) is 11.2. The SMILES string of the molecule is CCSC1(CNC(=NC)N2CCN(Cc3ccccc3)CC2)CCOCC1. The molecule has 1 N–H and O–H groups in total. The second kappa shape index (κ2) is 10.3. The van der Waals surface area contributed by atoms with Gasteiger partial charge in [0.25, 0.3) is 0 Å². The van der Waals surface area contributed by atoms with Crippen molar-refractivity contribution in [2.75, 3.05) is 58.7 Å². The zero-order valence-electron chi connectivity index (χ0n) is 16.8. The van der Waals surface area contributed by atoms with Gasteiger partial charge in [0.1, 0.15) is 0 Å². The number of nitrogens with zero attached hydrogens (tertiary/aromatic N) is 3. The summed E-state index contributed by atoms with van der Waals surface area (Å²) in [4.78, 5) is 9.51. The molecule has 3 rings (SSSR count). The van der Waals surface area contributed by atoms with E-state index in [0.29, 0.717) is 0 Å². The molecule has 2 aliphatic heterocycles. The highest BCUT2D eigenvalue weighted by molar-refractivity contribution is 8.00. The van der Waals surface area contributed by atoms with Crippen LogP contribution in [0, 0.1) is 0 Å². The first kappa shape index (κ1) is 20.5. The maximum absolute atomic E-state index is 5.59. The highest BCUT2D eigenvalue weighted by atomic mass is 32.2. The normalized spacial score (nSPS) is 21.3. The van der Waals surface area contributed by atoms with Crippen molar-refractivity contribution in [2.24, 2.45) is 4.99 Å². The standard InChI is InChI=1S/C21H34N4OS/c1-3-27-21(9-15-26-16-10-21)18-23-20(22-2)25-13-11-24(12-14-25)17-19-7-5-4-6-8-19/h4-8H,3,9-18H2,1-2H3,(H,22,23). The number of thioether (sulfide) groups is 1.